The van der Waals surface area contributed by atoms with Gasteiger partial charge in [-0.05, 0) is 24.6 Å². The second-order valence-electron chi connectivity index (χ2n) is 4.06. The third-order valence-corrected chi connectivity index (χ3v) is 2.74. The Morgan fingerprint density at radius 3 is 2.74 bits per heavy atom. The molecule has 2 rings (SSSR count). The van der Waals surface area contributed by atoms with Gasteiger partial charge in [0.15, 0.2) is 0 Å². The standard InChI is InChI=1S/C14H13N5/c15-9-12-2-3-14(8-13(12)10-16)18-4-1-6-19-7-5-17-11-19/h2-3,5,7-8,11,18H,1,4,6H2. The van der Waals surface area contributed by atoms with Crippen molar-refractivity contribution in [2.24, 2.45) is 0 Å². The Labute approximate surface area is 111 Å². The molecule has 0 fully saturated rings. The number of imidazole rings is 1. The van der Waals surface area contributed by atoms with E-state index in [1.807, 2.05) is 29.0 Å². The van der Waals surface area contributed by atoms with E-state index in [0.29, 0.717) is 11.1 Å². The van der Waals surface area contributed by atoms with E-state index < -0.39 is 0 Å². The van der Waals surface area contributed by atoms with Crippen molar-refractivity contribution >= 4 is 5.69 Å². The third-order valence-electron chi connectivity index (χ3n) is 2.74. The van der Waals surface area contributed by atoms with E-state index in [0.717, 1.165) is 25.2 Å². The quantitative estimate of drug-likeness (QED) is 0.826. The molecule has 0 unspecified atom stereocenters. The number of aryl methyl sites for hydroxylation is 1. The van der Waals surface area contributed by atoms with Crippen LogP contribution >= 0.6 is 0 Å². The fourth-order valence-electron chi connectivity index (χ4n) is 1.76. The van der Waals surface area contributed by atoms with E-state index in [1.54, 1.807) is 24.7 Å². The summed E-state index contributed by atoms with van der Waals surface area (Å²) in [6.07, 6.45) is 6.43. The van der Waals surface area contributed by atoms with Crippen molar-refractivity contribution in [2.45, 2.75) is 13.0 Å². The lowest BCUT2D eigenvalue weighted by Gasteiger charge is -2.07. The monoisotopic (exact) mass is 251 g/mol. The number of nitrogens with one attached hydrogen (secondary N) is 1. The van der Waals surface area contributed by atoms with Gasteiger partial charge in [0.1, 0.15) is 12.1 Å². The van der Waals surface area contributed by atoms with E-state index >= 15 is 0 Å². The second-order valence-corrected chi connectivity index (χ2v) is 4.06. The molecule has 0 saturated carbocycles. The molecule has 0 amide bonds. The Morgan fingerprint density at radius 1 is 1.21 bits per heavy atom. The molecule has 2 aromatic rings. The number of hydrogen-bond acceptors (Lipinski definition) is 4. The highest BCUT2D eigenvalue weighted by molar-refractivity contribution is 5.56. The largest absolute Gasteiger partial charge is 0.385 e. The molecule has 0 aliphatic heterocycles. The molecule has 19 heavy (non-hydrogen) atoms. The second kappa shape index (κ2) is 6.23. The lowest BCUT2D eigenvalue weighted by atomic mass is 10.1. The Hall–Kier alpha value is -2.79. The molecule has 0 aliphatic carbocycles. The third kappa shape index (κ3) is 3.34. The molecule has 0 radical (unpaired) electrons. The number of rotatable bonds is 5. The number of nitrogens with zero attached hydrogens (tertiary/aromatic N) is 4. The molecule has 0 aliphatic rings. The van der Waals surface area contributed by atoms with Gasteiger partial charge in [-0.1, -0.05) is 0 Å². The van der Waals surface area contributed by atoms with Crippen LogP contribution in [-0.2, 0) is 6.54 Å². The first-order valence-electron chi connectivity index (χ1n) is 5.97. The van der Waals surface area contributed by atoms with Crippen LogP contribution < -0.4 is 5.32 Å². The topological polar surface area (TPSA) is 77.4 Å². The summed E-state index contributed by atoms with van der Waals surface area (Å²) in [4.78, 5) is 3.98. The fraction of sp³-hybridized carbons (Fsp3) is 0.214. The van der Waals surface area contributed by atoms with Crippen LogP contribution in [0, 0.1) is 22.7 Å². The van der Waals surface area contributed by atoms with E-state index in [2.05, 4.69) is 10.3 Å². The van der Waals surface area contributed by atoms with E-state index in [1.165, 1.54) is 0 Å². The smallest absolute Gasteiger partial charge is 0.101 e. The van der Waals surface area contributed by atoms with Gasteiger partial charge in [-0.25, -0.2) is 4.98 Å². The van der Waals surface area contributed by atoms with Crippen molar-refractivity contribution < 1.29 is 0 Å². The zero-order chi connectivity index (χ0) is 13.5. The summed E-state index contributed by atoms with van der Waals surface area (Å²) in [6.45, 7) is 1.70. The van der Waals surface area contributed by atoms with Gasteiger partial charge in [-0.15, -0.1) is 0 Å². The minimum absolute atomic E-state index is 0.405. The molecule has 1 N–H and O–H groups in total. The minimum atomic E-state index is 0.405. The fourth-order valence-corrected chi connectivity index (χ4v) is 1.76. The molecule has 1 aromatic heterocycles. The molecule has 0 bridgehead atoms. The molecule has 5 heteroatoms. The van der Waals surface area contributed by atoms with Crippen molar-refractivity contribution in [3.05, 3.63) is 48.0 Å². The van der Waals surface area contributed by atoms with E-state index in [4.69, 9.17) is 10.5 Å². The molecule has 1 heterocycles. The number of anilines is 1. The minimum Gasteiger partial charge on any atom is -0.385 e. The van der Waals surface area contributed by atoms with Crippen LogP contribution in [0.4, 0.5) is 5.69 Å². The Kier molecular flexibility index (Phi) is 4.15. The maximum Gasteiger partial charge on any atom is 0.101 e. The van der Waals surface area contributed by atoms with Crippen molar-refractivity contribution in [3.8, 4) is 12.1 Å². The summed E-state index contributed by atoms with van der Waals surface area (Å²) >= 11 is 0. The number of aromatic nitrogens is 2. The SMILES string of the molecule is N#Cc1ccc(NCCCn2ccnc2)cc1C#N. The summed E-state index contributed by atoms with van der Waals surface area (Å²) in [6, 6.07) is 9.21. The van der Waals surface area contributed by atoms with Gasteiger partial charge >= 0.3 is 0 Å². The van der Waals surface area contributed by atoms with Crippen molar-refractivity contribution in [2.75, 3.05) is 11.9 Å². The van der Waals surface area contributed by atoms with Gasteiger partial charge < -0.3 is 9.88 Å². The van der Waals surface area contributed by atoms with Crippen molar-refractivity contribution in [1.29, 1.82) is 10.5 Å². The first kappa shape index (κ1) is 12.7. The summed E-state index contributed by atoms with van der Waals surface area (Å²) in [7, 11) is 0. The number of hydrogen-bond donors (Lipinski definition) is 1. The van der Waals surface area contributed by atoms with Crippen molar-refractivity contribution in [1.82, 2.24) is 9.55 Å². The highest BCUT2D eigenvalue weighted by Gasteiger charge is 2.02. The summed E-state index contributed by atoms with van der Waals surface area (Å²) in [5.74, 6) is 0. The van der Waals surface area contributed by atoms with Crippen molar-refractivity contribution in [3.63, 3.8) is 0 Å². The van der Waals surface area contributed by atoms with Crippen LogP contribution in [0.3, 0.4) is 0 Å². The highest BCUT2D eigenvalue weighted by atomic mass is 15.0. The van der Waals surface area contributed by atoms with Crippen LogP contribution in [0.15, 0.2) is 36.9 Å². The van der Waals surface area contributed by atoms with Crippen LogP contribution in [0.2, 0.25) is 0 Å². The highest BCUT2D eigenvalue weighted by Crippen LogP contribution is 2.14. The summed E-state index contributed by atoms with van der Waals surface area (Å²) in [5.41, 5.74) is 1.68. The van der Waals surface area contributed by atoms with Gasteiger partial charge in [0.2, 0.25) is 0 Å². The molecule has 1 aromatic carbocycles. The van der Waals surface area contributed by atoms with Gasteiger partial charge in [-0.3, -0.25) is 0 Å². The first-order valence-corrected chi connectivity index (χ1v) is 5.97. The van der Waals surface area contributed by atoms with E-state index in [-0.39, 0.29) is 0 Å². The van der Waals surface area contributed by atoms with Crippen LogP contribution in [0.5, 0.6) is 0 Å². The van der Waals surface area contributed by atoms with Gasteiger partial charge in [-0.2, -0.15) is 10.5 Å². The average molecular weight is 251 g/mol. The predicted molar refractivity (Wildman–Crippen MR) is 71.2 cm³/mol. The Morgan fingerprint density at radius 2 is 2.05 bits per heavy atom. The predicted octanol–water partition coefficient (Wildman–Crippen LogP) is 2.13. The molecule has 94 valence electrons. The Balaban J connectivity index is 1.87. The average Bonchev–Trinajstić information content (AvgIpc) is 2.96. The summed E-state index contributed by atoms with van der Waals surface area (Å²) < 4.78 is 2.02. The lowest BCUT2D eigenvalue weighted by Crippen LogP contribution is -2.06. The molecular formula is C14H13N5. The normalized spacial score (nSPS) is 9.58. The lowest BCUT2D eigenvalue weighted by molar-refractivity contribution is 0.661. The van der Waals surface area contributed by atoms with E-state index in [9.17, 15) is 0 Å². The van der Waals surface area contributed by atoms with Gasteiger partial charge in [0, 0.05) is 31.2 Å². The first-order chi connectivity index (χ1) is 9.33. The Bertz CT molecular complexity index is 616. The molecular weight excluding hydrogens is 238 g/mol. The maximum atomic E-state index is 8.93. The molecule has 0 atom stereocenters. The molecule has 0 spiro atoms. The van der Waals surface area contributed by atoms with Gasteiger partial charge in [0.25, 0.3) is 0 Å². The van der Waals surface area contributed by atoms with Crippen LogP contribution in [-0.4, -0.2) is 16.1 Å². The number of nitriles is 2. The summed E-state index contributed by atoms with van der Waals surface area (Å²) in [5, 5.41) is 21.0. The zero-order valence-corrected chi connectivity index (χ0v) is 10.4. The number of benzene rings is 1. The molecule has 0 saturated heterocycles. The van der Waals surface area contributed by atoms with Crippen LogP contribution in [0.25, 0.3) is 0 Å². The zero-order valence-electron chi connectivity index (χ0n) is 10.4. The van der Waals surface area contributed by atoms with Gasteiger partial charge in [0.05, 0.1) is 17.5 Å². The van der Waals surface area contributed by atoms with Crippen LogP contribution in [0.1, 0.15) is 17.5 Å². The maximum absolute atomic E-state index is 8.93. The molecule has 5 nitrogen and oxygen atoms in total.